The summed E-state index contributed by atoms with van der Waals surface area (Å²) in [5.74, 6) is -0.811. The lowest BCUT2D eigenvalue weighted by molar-refractivity contribution is -0.144. The first-order chi connectivity index (χ1) is 18.2. The van der Waals surface area contributed by atoms with E-state index in [1.807, 2.05) is 32.9 Å². The van der Waals surface area contributed by atoms with Crippen LogP contribution in [-0.4, -0.2) is 67.0 Å². The minimum absolute atomic E-state index is 0.121. The number of aromatic nitrogens is 3. The van der Waals surface area contributed by atoms with Gasteiger partial charge in [0.1, 0.15) is 11.5 Å². The van der Waals surface area contributed by atoms with Crippen LogP contribution in [0.15, 0.2) is 66.9 Å². The molecule has 2 amide bonds. The van der Waals surface area contributed by atoms with Crippen molar-refractivity contribution in [1.29, 1.82) is 0 Å². The number of fused-ring (bicyclic) bond motifs is 1. The molecule has 0 radical (unpaired) electrons. The van der Waals surface area contributed by atoms with Crippen molar-refractivity contribution in [3.05, 3.63) is 89.5 Å². The van der Waals surface area contributed by atoms with E-state index >= 15 is 0 Å². The van der Waals surface area contributed by atoms with Crippen LogP contribution in [0.4, 0.5) is 4.39 Å². The van der Waals surface area contributed by atoms with Gasteiger partial charge in [-0.1, -0.05) is 44.2 Å². The van der Waals surface area contributed by atoms with Crippen LogP contribution in [0.1, 0.15) is 54.4 Å². The summed E-state index contributed by atoms with van der Waals surface area (Å²) in [6, 6.07) is 16.6. The molecule has 1 N–H and O–H groups in total. The van der Waals surface area contributed by atoms with Crippen LogP contribution in [-0.2, 0) is 4.79 Å². The van der Waals surface area contributed by atoms with Crippen molar-refractivity contribution in [2.24, 2.45) is 0 Å². The number of hydrogen-bond acceptors (Lipinski definition) is 5. The van der Waals surface area contributed by atoms with Gasteiger partial charge in [0.05, 0.1) is 11.9 Å². The van der Waals surface area contributed by atoms with Crippen molar-refractivity contribution < 1.29 is 19.1 Å². The number of hydrogen-bond donors (Lipinski definition) is 1. The summed E-state index contributed by atoms with van der Waals surface area (Å²) in [4.78, 5) is 34.4. The lowest BCUT2D eigenvalue weighted by Crippen LogP contribution is -2.56. The van der Waals surface area contributed by atoms with Crippen molar-refractivity contribution in [2.75, 3.05) is 19.6 Å². The van der Waals surface area contributed by atoms with Crippen LogP contribution in [0.3, 0.4) is 0 Å². The number of carbonyl (C=O) groups excluding carboxylic acids is 2. The van der Waals surface area contributed by atoms with Crippen molar-refractivity contribution in [3.63, 3.8) is 0 Å². The topological polar surface area (TPSA) is 91.0 Å². The summed E-state index contributed by atoms with van der Waals surface area (Å²) in [5, 5.41) is 15.2. The van der Waals surface area contributed by atoms with Gasteiger partial charge in [-0.05, 0) is 48.7 Å². The number of carbonyl (C=O) groups is 2. The fourth-order valence-electron chi connectivity index (χ4n) is 4.86. The molecular weight excluding hydrogens is 485 g/mol. The number of nitrogens with zero attached hydrogens (tertiary/aromatic N) is 5. The first kappa shape index (κ1) is 25.5. The normalized spacial score (nSPS) is 16.7. The Kier molecular flexibility index (Phi) is 6.94. The van der Waals surface area contributed by atoms with Gasteiger partial charge < -0.3 is 14.9 Å². The Bertz CT molecular complexity index is 1470. The van der Waals surface area contributed by atoms with Crippen LogP contribution >= 0.6 is 0 Å². The predicted molar refractivity (Wildman–Crippen MR) is 141 cm³/mol. The second kappa shape index (κ2) is 10.3. The minimum Gasteiger partial charge on any atom is -0.378 e. The average molecular weight is 516 g/mol. The number of piperazine rings is 1. The first-order valence-corrected chi connectivity index (χ1v) is 12.7. The van der Waals surface area contributed by atoms with Gasteiger partial charge in [-0.3, -0.25) is 9.59 Å². The number of amides is 2. The molecule has 1 unspecified atom stereocenters. The Morgan fingerprint density at radius 2 is 1.76 bits per heavy atom. The molecule has 1 aliphatic rings. The SMILES string of the molecule is CC(C)c1cc(-c2ccc(F)cc2)nn2cc(C(=O)N3CCN(C(=O)C(O)c4ccccc4)[C@@H](C)C3)nc12. The molecule has 0 bridgehead atoms. The first-order valence-electron chi connectivity index (χ1n) is 12.7. The molecule has 1 aliphatic heterocycles. The Balaban J connectivity index is 1.36. The summed E-state index contributed by atoms with van der Waals surface area (Å²) >= 11 is 0. The molecule has 4 aromatic rings. The second-order valence-electron chi connectivity index (χ2n) is 9.99. The van der Waals surface area contributed by atoms with Gasteiger partial charge in [0.2, 0.25) is 0 Å². The summed E-state index contributed by atoms with van der Waals surface area (Å²) < 4.78 is 15.0. The van der Waals surface area contributed by atoms with E-state index in [2.05, 4.69) is 10.1 Å². The van der Waals surface area contributed by atoms with Crippen molar-refractivity contribution in [1.82, 2.24) is 24.4 Å². The number of aliphatic hydroxyl groups is 1. The molecule has 1 fully saturated rings. The minimum atomic E-state index is -1.24. The van der Waals surface area contributed by atoms with Crippen LogP contribution in [0.2, 0.25) is 0 Å². The maximum absolute atomic E-state index is 13.4. The number of rotatable bonds is 5. The van der Waals surface area contributed by atoms with E-state index in [9.17, 15) is 19.1 Å². The van der Waals surface area contributed by atoms with E-state index in [1.165, 1.54) is 12.1 Å². The Morgan fingerprint density at radius 3 is 2.42 bits per heavy atom. The van der Waals surface area contributed by atoms with E-state index in [4.69, 9.17) is 0 Å². The zero-order valence-corrected chi connectivity index (χ0v) is 21.6. The Hall–Kier alpha value is -4.11. The largest absolute Gasteiger partial charge is 0.378 e. The molecule has 2 atom stereocenters. The molecule has 38 heavy (non-hydrogen) atoms. The third-order valence-electron chi connectivity index (χ3n) is 6.98. The molecule has 1 saturated heterocycles. The number of halogens is 1. The third-order valence-corrected chi connectivity index (χ3v) is 6.98. The molecule has 0 spiro atoms. The highest BCUT2D eigenvalue weighted by Crippen LogP contribution is 2.27. The van der Waals surface area contributed by atoms with Gasteiger partial charge in [-0.25, -0.2) is 13.9 Å². The quantitative estimate of drug-likeness (QED) is 0.433. The highest BCUT2D eigenvalue weighted by molar-refractivity contribution is 5.93. The molecule has 8 nitrogen and oxygen atoms in total. The molecule has 0 aliphatic carbocycles. The summed E-state index contributed by atoms with van der Waals surface area (Å²) in [5.41, 5.74) is 3.77. The molecule has 3 heterocycles. The standard InChI is InChI=1S/C29H30FN5O3/c1-18(2)23-15-24(20-9-11-22(30)12-10-20)32-35-17-25(31-27(23)35)28(37)33-13-14-34(19(3)16-33)29(38)26(36)21-7-5-4-6-8-21/h4-12,15,17-19,26,36H,13-14,16H2,1-3H3/t19-,26?/m0/s1. The fraction of sp³-hybridized carbons (Fsp3) is 0.310. The summed E-state index contributed by atoms with van der Waals surface area (Å²) in [6.07, 6.45) is 0.382. The van der Waals surface area contributed by atoms with Gasteiger partial charge in [0.15, 0.2) is 11.8 Å². The highest BCUT2D eigenvalue weighted by atomic mass is 19.1. The molecule has 196 valence electrons. The Morgan fingerprint density at radius 1 is 1.05 bits per heavy atom. The molecule has 9 heteroatoms. The zero-order chi connectivity index (χ0) is 27.0. The van der Waals surface area contributed by atoms with Crippen molar-refractivity contribution in [2.45, 2.75) is 38.8 Å². The van der Waals surface area contributed by atoms with Gasteiger partial charge in [0, 0.05) is 36.8 Å². The van der Waals surface area contributed by atoms with Gasteiger partial charge >= 0.3 is 0 Å². The third kappa shape index (κ3) is 4.89. The number of imidazole rings is 1. The van der Waals surface area contributed by atoms with Crippen molar-refractivity contribution in [3.8, 4) is 11.3 Å². The summed E-state index contributed by atoms with van der Waals surface area (Å²) in [6.45, 7) is 6.92. The van der Waals surface area contributed by atoms with Crippen LogP contribution < -0.4 is 0 Å². The average Bonchev–Trinajstić information content (AvgIpc) is 3.36. The molecule has 2 aromatic carbocycles. The fourth-order valence-corrected chi connectivity index (χ4v) is 4.86. The van der Waals surface area contributed by atoms with Crippen LogP contribution in [0, 0.1) is 5.82 Å². The monoisotopic (exact) mass is 515 g/mol. The number of benzene rings is 2. The van der Waals surface area contributed by atoms with E-state index in [0.717, 1.165) is 11.1 Å². The second-order valence-corrected chi connectivity index (χ2v) is 9.99. The van der Waals surface area contributed by atoms with Crippen LogP contribution in [0.5, 0.6) is 0 Å². The lowest BCUT2D eigenvalue weighted by Gasteiger charge is -2.40. The van der Waals surface area contributed by atoms with E-state index < -0.39 is 6.10 Å². The van der Waals surface area contributed by atoms with Gasteiger partial charge in [0.25, 0.3) is 11.8 Å². The molecule has 2 aromatic heterocycles. The van der Waals surface area contributed by atoms with Gasteiger partial charge in [-0.2, -0.15) is 5.10 Å². The van der Waals surface area contributed by atoms with E-state index in [1.54, 1.807) is 56.9 Å². The van der Waals surface area contributed by atoms with Crippen molar-refractivity contribution >= 4 is 17.5 Å². The maximum atomic E-state index is 13.4. The van der Waals surface area contributed by atoms with Gasteiger partial charge in [-0.15, -0.1) is 0 Å². The van der Waals surface area contributed by atoms with Crippen LogP contribution in [0.25, 0.3) is 16.9 Å². The predicted octanol–water partition coefficient (Wildman–Crippen LogP) is 4.07. The lowest BCUT2D eigenvalue weighted by atomic mass is 10.0. The Labute approximate surface area is 220 Å². The smallest absolute Gasteiger partial charge is 0.274 e. The molecule has 5 rings (SSSR count). The summed E-state index contributed by atoms with van der Waals surface area (Å²) in [7, 11) is 0. The number of aliphatic hydroxyl groups excluding tert-OH is 1. The molecule has 0 saturated carbocycles. The van der Waals surface area contributed by atoms with E-state index in [-0.39, 0.29) is 35.3 Å². The molecular formula is C29H30FN5O3. The van der Waals surface area contributed by atoms with E-state index in [0.29, 0.717) is 36.5 Å². The highest BCUT2D eigenvalue weighted by Gasteiger charge is 2.34. The maximum Gasteiger partial charge on any atom is 0.274 e. The zero-order valence-electron chi connectivity index (χ0n) is 21.6.